The number of amides is 2. The number of nitrogens with zero attached hydrogens (tertiary/aromatic N) is 1. The third kappa shape index (κ3) is 2.77. The summed E-state index contributed by atoms with van der Waals surface area (Å²) in [7, 11) is 1.59. The van der Waals surface area contributed by atoms with Crippen molar-refractivity contribution in [2.75, 3.05) is 26.7 Å². The molecule has 96 valence electrons. The molecular formula is C12H20N2O3. The summed E-state index contributed by atoms with van der Waals surface area (Å²) in [6, 6.07) is 0. The second-order valence-electron chi connectivity index (χ2n) is 5.12. The fraction of sp³-hybridized carbons (Fsp3) is 0.833. The molecular weight excluding hydrogens is 220 g/mol. The van der Waals surface area contributed by atoms with E-state index in [1.807, 2.05) is 0 Å². The predicted octanol–water partition coefficient (Wildman–Crippen LogP) is 0.150. The number of ether oxygens (including phenoxy) is 1. The van der Waals surface area contributed by atoms with E-state index in [2.05, 4.69) is 5.32 Å². The van der Waals surface area contributed by atoms with Gasteiger partial charge in [-0.25, -0.2) is 0 Å². The van der Waals surface area contributed by atoms with Crippen LogP contribution in [0, 0.1) is 5.92 Å². The maximum atomic E-state index is 12.0. The Labute approximate surface area is 101 Å². The van der Waals surface area contributed by atoms with Crippen LogP contribution in [-0.2, 0) is 14.3 Å². The lowest BCUT2D eigenvalue weighted by molar-refractivity contribution is -0.162. The summed E-state index contributed by atoms with van der Waals surface area (Å²) in [5.74, 6) is 0.573. The van der Waals surface area contributed by atoms with Crippen molar-refractivity contribution in [3.8, 4) is 0 Å². The van der Waals surface area contributed by atoms with Gasteiger partial charge in [-0.2, -0.15) is 0 Å². The fourth-order valence-electron chi connectivity index (χ4n) is 2.18. The number of likely N-dealkylation sites (N-methyl/N-ethyl adjacent to an activating group) is 1. The van der Waals surface area contributed by atoms with E-state index in [9.17, 15) is 9.59 Å². The summed E-state index contributed by atoms with van der Waals surface area (Å²) in [6.45, 7) is 3.12. The Bertz CT molecular complexity index is 328. The molecule has 0 aromatic carbocycles. The van der Waals surface area contributed by atoms with E-state index in [0.29, 0.717) is 32.0 Å². The van der Waals surface area contributed by atoms with Gasteiger partial charge in [0.25, 0.3) is 5.91 Å². The first-order chi connectivity index (χ1) is 8.05. The van der Waals surface area contributed by atoms with Gasteiger partial charge in [-0.1, -0.05) is 0 Å². The highest BCUT2D eigenvalue weighted by Crippen LogP contribution is 2.33. The Kier molecular flexibility index (Phi) is 3.38. The molecule has 5 nitrogen and oxygen atoms in total. The van der Waals surface area contributed by atoms with Crippen LogP contribution < -0.4 is 5.32 Å². The van der Waals surface area contributed by atoms with E-state index in [0.717, 1.165) is 0 Å². The Balaban J connectivity index is 1.95. The molecule has 1 atom stereocenters. The van der Waals surface area contributed by atoms with Gasteiger partial charge in [0.05, 0.1) is 13.2 Å². The highest BCUT2D eigenvalue weighted by Gasteiger charge is 2.40. The summed E-state index contributed by atoms with van der Waals surface area (Å²) in [5, 5.41) is 2.59. The Hall–Kier alpha value is -1.10. The summed E-state index contributed by atoms with van der Waals surface area (Å²) in [4.78, 5) is 25.5. The molecule has 5 heteroatoms. The summed E-state index contributed by atoms with van der Waals surface area (Å²) in [5.41, 5.74) is -0.897. The SMILES string of the molecule is CNC(=O)[C@]1(C)CN(C(=O)CC2CC2)CCO1. The lowest BCUT2D eigenvalue weighted by atomic mass is 10.0. The molecule has 0 radical (unpaired) electrons. The van der Waals surface area contributed by atoms with Gasteiger partial charge in [-0.15, -0.1) is 0 Å². The number of carbonyl (C=O) groups excluding carboxylic acids is 2. The molecule has 1 saturated carbocycles. The Morgan fingerprint density at radius 1 is 1.47 bits per heavy atom. The second-order valence-corrected chi connectivity index (χ2v) is 5.12. The minimum atomic E-state index is -0.897. The van der Waals surface area contributed by atoms with Crippen molar-refractivity contribution >= 4 is 11.8 Å². The predicted molar refractivity (Wildman–Crippen MR) is 62.3 cm³/mol. The van der Waals surface area contributed by atoms with Crippen LogP contribution in [0.5, 0.6) is 0 Å². The molecule has 0 aromatic rings. The van der Waals surface area contributed by atoms with Crippen LogP contribution in [0.15, 0.2) is 0 Å². The highest BCUT2D eigenvalue weighted by atomic mass is 16.5. The highest BCUT2D eigenvalue weighted by molar-refractivity contribution is 5.86. The minimum Gasteiger partial charge on any atom is -0.362 e. The van der Waals surface area contributed by atoms with E-state index >= 15 is 0 Å². The third-order valence-corrected chi connectivity index (χ3v) is 3.49. The van der Waals surface area contributed by atoms with Gasteiger partial charge < -0.3 is 15.0 Å². The van der Waals surface area contributed by atoms with Crippen LogP contribution in [0.1, 0.15) is 26.2 Å². The molecule has 2 aliphatic rings. The van der Waals surface area contributed by atoms with Crippen LogP contribution >= 0.6 is 0 Å². The van der Waals surface area contributed by atoms with Crippen molar-refractivity contribution in [3.63, 3.8) is 0 Å². The molecule has 1 N–H and O–H groups in total. The normalized spacial score (nSPS) is 28.9. The first kappa shape index (κ1) is 12.4. The first-order valence-electron chi connectivity index (χ1n) is 6.19. The van der Waals surface area contributed by atoms with Gasteiger partial charge >= 0.3 is 0 Å². The van der Waals surface area contributed by atoms with E-state index in [-0.39, 0.29) is 11.8 Å². The molecule has 0 aromatic heterocycles. The minimum absolute atomic E-state index is 0.158. The fourth-order valence-corrected chi connectivity index (χ4v) is 2.18. The molecule has 2 amide bonds. The van der Waals surface area contributed by atoms with Gasteiger partial charge in [0, 0.05) is 20.0 Å². The standard InChI is InChI=1S/C12H20N2O3/c1-12(11(16)13-2)8-14(5-6-17-12)10(15)7-9-3-4-9/h9H,3-8H2,1-2H3,(H,13,16)/t12-/m0/s1. The molecule has 17 heavy (non-hydrogen) atoms. The quantitative estimate of drug-likeness (QED) is 0.764. The number of hydrogen-bond donors (Lipinski definition) is 1. The van der Waals surface area contributed by atoms with Crippen molar-refractivity contribution in [1.82, 2.24) is 10.2 Å². The molecule has 2 fully saturated rings. The van der Waals surface area contributed by atoms with Gasteiger partial charge in [0.1, 0.15) is 0 Å². The number of hydrogen-bond acceptors (Lipinski definition) is 3. The van der Waals surface area contributed by atoms with Gasteiger partial charge in [-0.3, -0.25) is 9.59 Å². The van der Waals surface area contributed by atoms with Crippen LogP contribution in [0.2, 0.25) is 0 Å². The molecule has 0 unspecified atom stereocenters. The zero-order valence-electron chi connectivity index (χ0n) is 10.5. The zero-order chi connectivity index (χ0) is 12.5. The lowest BCUT2D eigenvalue weighted by Gasteiger charge is -2.39. The van der Waals surface area contributed by atoms with Crippen LogP contribution in [-0.4, -0.2) is 49.1 Å². The maximum absolute atomic E-state index is 12.0. The van der Waals surface area contributed by atoms with Gasteiger partial charge in [0.15, 0.2) is 5.60 Å². The van der Waals surface area contributed by atoms with Crippen molar-refractivity contribution in [1.29, 1.82) is 0 Å². The maximum Gasteiger partial charge on any atom is 0.253 e. The third-order valence-electron chi connectivity index (χ3n) is 3.49. The average molecular weight is 240 g/mol. The Morgan fingerprint density at radius 2 is 2.18 bits per heavy atom. The average Bonchev–Trinajstić information content (AvgIpc) is 3.11. The van der Waals surface area contributed by atoms with Gasteiger partial charge in [-0.05, 0) is 25.7 Å². The van der Waals surface area contributed by atoms with Crippen molar-refractivity contribution < 1.29 is 14.3 Å². The molecule has 0 bridgehead atoms. The number of morpholine rings is 1. The monoisotopic (exact) mass is 240 g/mol. The molecule has 0 spiro atoms. The molecule has 1 saturated heterocycles. The zero-order valence-corrected chi connectivity index (χ0v) is 10.5. The number of nitrogens with one attached hydrogen (secondary N) is 1. The topological polar surface area (TPSA) is 58.6 Å². The smallest absolute Gasteiger partial charge is 0.253 e. The van der Waals surface area contributed by atoms with E-state index in [4.69, 9.17) is 4.74 Å². The summed E-state index contributed by atoms with van der Waals surface area (Å²) in [6.07, 6.45) is 2.97. The Morgan fingerprint density at radius 3 is 2.76 bits per heavy atom. The van der Waals surface area contributed by atoms with E-state index in [1.54, 1.807) is 18.9 Å². The van der Waals surface area contributed by atoms with E-state index < -0.39 is 5.60 Å². The summed E-state index contributed by atoms with van der Waals surface area (Å²) < 4.78 is 5.51. The lowest BCUT2D eigenvalue weighted by Crippen LogP contribution is -2.58. The number of rotatable bonds is 3. The number of carbonyl (C=O) groups is 2. The largest absolute Gasteiger partial charge is 0.362 e. The van der Waals surface area contributed by atoms with Crippen molar-refractivity contribution in [3.05, 3.63) is 0 Å². The molecule has 1 aliphatic carbocycles. The van der Waals surface area contributed by atoms with Crippen LogP contribution in [0.3, 0.4) is 0 Å². The molecule has 2 rings (SSSR count). The summed E-state index contributed by atoms with van der Waals surface area (Å²) >= 11 is 0. The first-order valence-corrected chi connectivity index (χ1v) is 6.19. The second kappa shape index (κ2) is 4.64. The van der Waals surface area contributed by atoms with Crippen LogP contribution in [0.4, 0.5) is 0 Å². The molecule has 1 aliphatic heterocycles. The van der Waals surface area contributed by atoms with Crippen molar-refractivity contribution in [2.24, 2.45) is 5.92 Å². The van der Waals surface area contributed by atoms with Crippen molar-refractivity contribution in [2.45, 2.75) is 31.8 Å². The van der Waals surface area contributed by atoms with Gasteiger partial charge in [0.2, 0.25) is 5.91 Å². The van der Waals surface area contributed by atoms with Crippen LogP contribution in [0.25, 0.3) is 0 Å². The molecule has 1 heterocycles. The van der Waals surface area contributed by atoms with E-state index in [1.165, 1.54) is 12.8 Å².